The highest BCUT2D eigenvalue weighted by Gasteiger charge is 2.40. The molecule has 2 saturated heterocycles. The fourth-order valence-electron chi connectivity index (χ4n) is 4.19. The quantitative estimate of drug-likeness (QED) is 0.805. The summed E-state index contributed by atoms with van der Waals surface area (Å²) < 4.78 is 1.77. The summed E-state index contributed by atoms with van der Waals surface area (Å²) in [5.41, 5.74) is 1.05. The van der Waals surface area contributed by atoms with E-state index >= 15 is 0 Å². The van der Waals surface area contributed by atoms with Crippen molar-refractivity contribution >= 4 is 17.5 Å². The van der Waals surface area contributed by atoms with Gasteiger partial charge in [-0.25, -0.2) is 4.68 Å². The van der Waals surface area contributed by atoms with Crippen LogP contribution in [0.4, 0.5) is 0 Å². The Morgan fingerprint density at radius 1 is 1.15 bits per heavy atom. The summed E-state index contributed by atoms with van der Waals surface area (Å²) in [6.45, 7) is 3.12. The number of carbonyl (C=O) groups is 1. The highest BCUT2D eigenvalue weighted by molar-refractivity contribution is 6.31. The lowest BCUT2D eigenvalue weighted by Gasteiger charge is -2.29. The minimum atomic E-state index is -0.159. The number of hydrogen-bond donors (Lipinski definition) is 0. The lowest BCUT2D eigenvalue weighted by atomic mass is 10.1. The number of tetrazole rings is 1. The molecule has 144 valence electrons. The summed E-state index contributed by atoms with van der Waals surface area (Å²) in [7, 11) is 0. The molecule has 2 fully saturated rings. The van der Waals surface area contributed by atoms with E-state index in [1.807, 2.05) is 24.3 Å². The topological polar surface area (TPSA) is 67.2 Å². The summed E-state index contributed by atoms with van der Waals surface area (Å²) in [5.74, 6) is 0.236. The summed E-state index contributed by atoms with van der Waals surface area (Å²) in [4.78, 5) is 17.6. The third-order valence-electron chi connectivity index (χ3n) is 5.65. The maximum Gasteiger partial charge on any atom is 0.240 e. The molecule has 27 heavy (non-hydrogen) atoms. The van der Waals surface area contributed by atoms with E-state index in [1.54, 1.807) is 11.0 Å². The molecule has 0 unspecified atom stereocenters. The maximum atomic E-state index is 13.3. The Hall–Kier alpha value is -1.99. The number of benzene rings is 1. The fourth-order valence-corrected chi connectivity index (χ4v) is 4.38. The number of likely N-dealkylation sites (tertiary alicyclic amines) is 2. The number of amides is 1. The van der Waals surface area contributed by atoms with Crippen LogP contribution in [0.3, 0.4) is 0 Å². The molecule has 1 amide bonds. The molecule has 8 heteroatoms. The van der Waals surface area contributed by atoms with Crippen LogP contribution in [0.5, 0.6) is 0 Å². The van der Waals surface area contributed by atoms with E-state index in [0.717, 1.165) is 49.5 Å². The Labute approximate surface area is 164 Å². The second kappa shape index (κ2) is 8.35. The van der Waals surface area contributed by atoms with E-state index in [4.69, 9.17) is 11.6 Å². The maximum absolute atomic E-state index is 13.3. The second-order valence-corrected chi connectivity index (χ2v) is 7.86. The van der Waals surface area contributed by atoms with Gasteiger partial charge in [-0.3, -0.25) is 9.69 Å². The summed E-state index contributed by atoms with van der Waals surface area (Å²) in [6, 6.07) is 7.79. The number of rotatable bonds is 4. The van der Waals surface area contributed by atoms with Gasteiger partial charge in [0.1, 0.15) is 6.33 Å². The van der Waals surface area contributed by atoms with Crippen LogP contribution in [-0.4, -0.2) is 61.6 Å². The van der Waals surface area contributed by atoms with Gasteiger partial charge in [-0.05, 0) is 41.3 Å². The molecule has 2 aliphatic heterocycles. The summed E-state index contributed by atoms with van der Waals surface area (Å²) in [6.07, 6.45) is 6.98. The minimum absolute atomic E-state index is 0.100. The normalized spacial score (nSPS) is 24.1. The summed E-state index contributed by atoms with van der Waals surface area (Å²) >= 11 is 6.38. The molecular formula is C19H25ClN6O. The second-order valence-electron chi connectivity index (χ2n) is 7.46. The van der Waals surface area contributed by atoms with Crippen LogP contribution in [0.25, 0.3) is 0 Å². The average Bonchev–Trinajstić information content (AvgIpc) is 3.27. The smallest absolute Gasteiger partial charge is 0.240 e. The molecule has 0 spiro atoms. The predicted molar refractivity (Wildman–Crippen MR) is 102 cm³/mol. The van der Waals surface area contributed by atoms with E-state index in [9.17, 15) is 4.79 Å². The average molecular weight is 389 g/mol. The van der Waals surface area contributed by atoms with Gasteiger partial charge in [0.05, 0.1) is 12.1 Å². The molecule has 2 aromatic rings. The van der Waals surface area contributed by atoms with Crippen molar-refractivity contribution in [1.82, 2.24) is 30.0 Å². The zero-order valence-corrected chi connectivity index (χ0v) is 16.1. The molecule has 1 aromatic heterocycles. The van der Waals surface area contributed by atoms with Crippen LogP contribution in [0, 0.1) is 0 Å². The van der Waals surface area contributed by atoms with Gasteiger partial charge < -0.3 is 4.90 Å². The van der Waals surface area contributed by atoms with E-state index in [-0.39, 0.29) is 18.0 Å². The Morgan fingerprint density at radius 2 is 1.93 bits per heavy atom. The molecule has 0 aliphatic carbocycles. The van der Waals surface area contributed by atoms with E-state index in [0.29, 0.717) is 6.54 Å². The molecule has 2 atom stereocenters. The first-order valence-corrected chi connectivity index (χ1v) is 10.1. The number of aromatic nitrogens is 4. The predicted octanol–water partition coefficient (Wildman–Crippen LogP) is 2.54. The summed E-state index contributed by atoms with van der Waals surface area (Å²) in [5, 5.41) is 12.3. The van der Waals surface area contributed by atoms with Gasteiger partial charge >= 0.3 is 0 Å². The van der Waals surface area contributed by atoms with Crippen molar-refractivity contribution in [3.63, 3.8) is 0 Å². The highest BCUT2D eigenvalue weighted by atomic mass is 35.5. The van der Waals surface area contributed by atoms with Gasteiger partial charge in [-0.2, -0.15) is 0 Å². The van der Waals surface area contributed by atoms with E-state index < -0.39 is 0 Å². The number of halogens is 1. The number of hydrogen-bond acceptors (Lipinski definition) is 5. The largest absolute Gasteiger partial charge is 0.341 e. The van der Waals surface area contributed by atoms with Crippen molar-refractivity contribution < 1.29 is 4.79 Å². The van der Waals surface area contributed by atoms with Crippen LogP contribution in [-0.2, 0) is 11.3 Å². The molecule has 1 aromatic carbocycles. The molecule has 0 radical (unpaired) electrons. The first kappa shape index (κ1) is 18.4. The zero-order valence-electron chi connectivity index (χ0n) is 15.4. The van der Waals surface area contributed by atoms with E-state index in [2.05, 4.69) is 25.3 Å². The van der Waals surface area contributed by atoms with Gasteiger partial charge in [-0.15, -0.1) is 5.10 Å². The van der Waals surface area contributed by atoms with Crippen molar-refractivity contribution in [1.29, 1.82) is 0 Å². The molecule has 2 aliphatic rings. The van der Waals surface area contributed by atoms with E-state index in [1.165, 1.54) is 12.8 Å². The van der Waals surface area contributed by atoms with Crippen LogP contribution < -0.4 is 0 Å². The van der Waals surface area contributed by atoms with Gasteiger partial charge in [-0.1, -0.05) is 42.6 Å². The van der Waals surface area contributed by atoms with Crippen molar-refractivity contribution in [2.75, 3.05) is 19.6 Å². The third-order valence-corrected chi connectivity index (χ3v) is 6.02. The molecule has 7 nitrogen and oxygen atoms in total. The minimum Gasteiger partial charge on any atom is -0.341 e. The lowest BCUT2D eigenvalue weighted by molar-refractivity contribution is -0.136. The third kappa shape index (κ3) is 4.14. The molecular weight excluding hydrogens is 364 g/mol. The molecule has 4 rings (SSSR count). The first-order valence-electron chi connectivity index (χ1n) is 9.71. The molecule has 0 saturated carbocycles. The SMILES string of the molecule is O=C([C@@H]1C[C@@H](n2cnnn2)CN1Cc1ccccc1Cl)N1CCCCCC1. The van der Waals surface area contributed by atoms with Crippen LogP contribution >= 0.6 is 11.6 Å². The van der Waals surface area contributed by atoms with Crippen LogP contribution in [0.2, 0.25) is 5.02 Å². The molecule has 0 bridgehead atoms. The van der Waals surface area contributed by atoms with Crippen molar-refractivity contribution in [2.45, 2.75) is 50.7 Å². The van der Waals surface area contributed by atoms with Crippen molar-refractivity contribution in [3.8, 4) is 0 Å². The Balaban J connectivity index is 1.55. The number of nitrogens with zero attached hydrogens (tertiary/aromatic N) is 6. The monoisotopic (exact) mass is 388 g/mol. The lowest BCUT2D eigenvalue weighted by Crippen LogP contribution is -2.45. The zero-order chi connectivity index (χ0) is 18.6. The Morgan fingerprint density at radius 3 is 2.63 bits per heavy atom. The van der Waals surface area contributed by atoms with Gasteiger partial charge in [0, 0.05) is 31.2 Å². The highest BCUT2D eigenvalue weighted by Crippen LogP contribution is 2.31. The Bertz CT molecular complexity index is 759. The van der Waals surface area contributed by atoms with Crippen molar-refractivity contribution in [3.05, 3.63) is 41.2 Å². The van der Waals surface area contributed by atoms with Crippen LogP contribution in [0.1, 0.15) is 43.7 Å². The van der Waals surface area contributed by atoms with Gasteiger partial charge in [0.25, 0.3) is 0 Å². The van der Waals surface area contributed by atoms with Crippen LogP contribution in [0.15, 0.2) is 30.6 Å². The van der Waals surface area contributed by atoms with Gasteiger partial charge in [0.2, 0.25) is 5.91 Å². The number of carbonyl (C=O) groups excluding carboxylic acids is 1. The Kier molecular flexibility index (Phi) is 5.69. The fraction of sp³-hybridized carbons (Fsp3) is 0.579. The molecule has 0 N–H and O–H groups in total. The van der Waals surface area contributed by atoms with Crippen molar-refractivity contribution in [2.24, 2.45) is 0 Å². The van der Waals surface area contributed by atoms with Gasteiger partial charge in [0.15, 0.2) is 0 Å². The first-order chi connectivity index (χ1) is 13.2. The standard InChI is InChI=1S/C19H25ClN6O/c20-17-8-4-3-7-15(17)12-25-13-16(26-14-21-22-23-26)11-18(25)19(27)24-9-5-1-2-6-10-24/h3-4,7-8,14,16,18H,1-2,5-6,9-13H2/t16-,18+/m1/s1. The molecule has 3 heterocycles.